The molecule has 0 aromatic heterocycles. The first kappa shape index (κ1) is 16.1. The minimum Gasteiger partial charge on any atom is -0.480 e. The molecule has 1 aromatic carbocycles. The molecule has 2 heterocycles. The molecule has 0 bridgehead atoms. The Bertz CT molecular complexity index is 508. The largest absolute Gasteiger partial charge is 0.480 e. The van der Waals surface area contributed by atoms with Crippen LogP contribution in [0.4, 0.5) is 0 Å². The van der Waals surface area contributed by atoms with E-state index in [4.69, 9.17) is 10.5 Å². The lowest BCUT2D eigenvalue weighted by molar-refractivity contribution is -0.138. The van der Waals surface area contributed by atoms with Gasteiger partial charge in [-0.1, -0.05) is 6.07 Å². The molecular formula is C16H23ClN2O2. The predicted octanol–water partition coefficient (Wildman–Crippen LogP) is 1.98. The lowest BCUT2D eigenvalue weighted by Crippen LogP contribution is -2.47. The quantitative estimate of drug-likeness (QED) is 0.863. The van der Waals surface area contributed by atoms with Crippen LogP contribution >= 0.6 is 12.4 Å². The highest BCUT2D eigenvalue weighted by Crippen LogP contribution is 2.32. The van der Waals surface area contributed by atoms with Gasteiger partial charge in [0.15, 0.2) is 6.10 Å². The minimum absolute atomic E-state index is 0. The van der Waals surface area contributed by atoms with Gasteiger partial charge in [-0.25, -0.2) is 0 Å². The molecule has 1 unspecified atom stereocenters. The average Bonchev–Trinajstić information content (AvgIpc) is 2.82. The van der Waals surface area contributed by atoms with Crippen molar-refractivity contribution in [3.05, 3.63) is 28.8 Å². The number of aryl methyl sites for hydroxylation is 2. The van der Waals surface area contributed by atoms with Crippen LogP contribution in [0.2, 0.25) is 0 Å². The molecule has 5 heteroatoms. The molecule has 0 radical (unpaired) electrons. The summed E-state index contributed by atoms with van der Waals surface area (Å²) in [6.07, 6.45) is 2.13. The third-order valence-corrected chi connectivity index (χ3v) is 4.48. The van der Waals surface area contributed by atoms with Crippen LogP contribution in [0.5, 0.6) is 5.75 Å². The zero-order chi connectivity index (χ0) is 14.3. The minimum atomic E-state index is -0.347. The third-order valence-electron chi connectivity index (χ3n) is 4.48. The number of hydrogen-bond donors (Lipinski definition) is 1. The molecular weight excluding hydrogens is 288 g/mol. The Hall–Kier alpha value is -1.26. The number of amides is 1. The number of hydrogen-bond acceptors (Lipinski definition) is 3. The van der Waals surface area contributed by atoms with E-state index < -0.39 is 0 Å². The van der Waals surface area contributed by atoms with E-state index in [0.29, 0.717) is 6.42 Å². The molecule has 1 aromatic rings. The molecule has 116 valence electrons. The number of rotatable bonds is 1. The summed E-state index contributed by atoms with van der Waals surface area (Å²) < 4.78 is 5.86. The summed E-state index contributed by atoms with van der Waals surface area (Å²) in [4.78, 5) is 14.4. The van der Waals surface area contributed by atoms with Gasteiger partial charge in [0.05, 0.1) is 0 Å². The van der Waals surface area contributed by atoms with Gasteiger partial charge in [0.2, 0.25) is 0 Å². The standard InChI is InChI=1S/C16H22N2O2.ClH/c1-10-7-12-9-15(20-14(12)8-11(10)2)16(19)18-5-3-13(17)4-6-18;/h7-8,13,15H,3-6,9,17H2,1-2H3;1H. The van der Waals surface area contributed by atoms with Gasteiger partial charge in [-0.15, -0.1) is 12.4 Å². The fourth-order valence-corrected chi connectivity index (χ4v) is 2.97. The van der Waals surface area contributed by atoms with Gasteiger partial charge in [0, 0.05) is 25.6 Å². The van der Waals surface area contributed by atoms with E-state index in [2.05, 4.69) is 19.9 Å². The molecule has 21 heavy (non-hydrogen) atoms. The van der Waals surface area contributed by atoms with Crippen LogP contribution < -0.4 is 10.5 Å². The highest BCUT2D eigenvalue weighted by molar-refractivity contribution is 5.85. The molecule has 0 aliphatic carbocycles. The van der Waals surface area contributed by atoms with Gasteiger partial charge in [-0.3, -0.25) is 4.79 Å². The number of piperidine rings is 1. The van der Waals surface area contributed by atoms with Crippen molar-refractivity contribution < 1.29 is 9.53 Å². The molecule has 2 aliphatic heterocycles. The molecule has 1 atom stereocenters. The monoisotopic (exact) mass is 310 g/mol. The zero-order valence-electron chi connectivity index (χ0n) is 12.6. The molecule has 1 saturated heterocycles. The molecule has 1 amide bonds. The van der Waals surface area contributed by atoms with E-state index in [9.17, 15) is 4.79 Å². The first-order chi connectivity index (χ1) is 9.54. The van der Waals surface area contributed by atoms with Gasteiger partial charge in [0.25, 0.3) is 5.91 Å². The Labute approximate surface area is 132 Å². The van der Waals surface area contributed by atoms with E-state index >= 15 is 0 Å². The van der Waals surface area contributed by atoms with Crippen LogP contribution in [-0.2, 0) is 11.2 Å². The Kier molecular flexibility index (Phi) is 4.79. The number of ether oxygens (including phenoxy) is 1. The number of fused-ring (bicyclic) bond motifs is 1. The third kappa shape index (κ3) is 3.16. The Morgan fingerprint density at radius 3 is 2.52 bits per heavy atom. The second-order valence-corrected chi connectivity index (χ2v) is 6.02. The van der Waals surface area contributed by atoms with E-state index in [0.717, 1.165) is 37.2 Å². The Morgan fingerprint density at radius 2 is 1.86 bits per heavy atom. The molecule has 0 saturated carbocycles. The van der Waals surface area contributed by atoms with Crippen molar-refractivity contribution in [2.75, 3.05) is 13.1 Å². The molecule has 2 N–H and O–H groups in total. The van der Waals surface area contributed by atoms with E-state index in [1.54, 1.807) is 0 Å². The van der Waals surface area contributed by atoms with Crippen molar-refractivity contribution in [2.45, 2.75) is 45.3 Å². The molecule has 4 nitrogen and oxygen atoms in total. The van der Waals surface area contributed by atoms with Crippen molar-refractivity contribution >= 4 is 18.3 Å². The first-order valence-corrected chi connectivity index (χ1v) is 7.36. The highest BCUT2D eigenvalue weighted by Gasteiger charge is 2.33. The van der Waals surface area contributed by atoms with Crippen molar-refractivity contribution in [2.24, 2.45) is 5.73 Å². The molecule has 3 rings (SSSR count). The van der Waals surface area contributed by atoms with Crippen molar-refractivity contribution in [1.29, 1.82) is 0 Å². The van der Waals surface area contributed by atoms with E-state index in [1.807, 2.05) is 11.0 Å². The van der Waals surface area contributed by atoms with Crippen LogP contribution in [0.1, 0.15) is 29.5 Å². The topological polar surface area (TPSA) is 55.6 Å². The van der Waals surface area contributed by atoms with Crippen molar-refractivity contribution in [1.82, 2.24) is 4.90 Å². The van der Waals surface area contributed by atoms with Crippen molar-refractivity contribution in [3.8, 4) is 5.75 Å². The second-order valence-electron chi connectivity index (χ2n) is 6.02. The summed E-state index contributed by atoms with van der Waals surface area (Å²) in [7, 11) is 0. The first-order valence-electron chi connectivity index (χ1n) is 7.36. The summed E-state index contributed by atoms with van der Waals surface area (Å²) in [6, 6.07) is 4.43. The van der Waals surface area contributed by atoms with E-state index in [1.165, 1.54) is 11.1 Å². The lowest BCUT2D eigenvalue weighted by atomic mass is 10.0. The fourth-order valence-electron chi connectivity index (χ4n) is 2.97. The van der Waals surface area contributed by atoms with Gasteiger partial charge in [0.1, 0.15) is 5.75 Å². The van der Waals surface area contributed by atoms with Crippen LogP contribution in [0.3, 0.4) is 0 Å². The number of carbonyl (C=O) groups excluding carboxylic acids is 1. The summed E-state index contributed by atoms with van der Waals surface area (Å²) in [6.45, 7) is 5.68. The van der Waals surface area contributed by atoms with Gasteiger partial charge < -0.3 is 15.4 Å². The van der Waals surface area contributed by atoms with E-state index in [-0.39, 0.29) is 30.5 Å². The molecule has 2 aliphatic rings. The van der Waals surface area contributed by atoms with Crippen molar-refractivity contribution in [3.63, 3.8) is 0 Å². The van der Waals surface area contributed by atoms with Gasteiger partial charge in [-0.05, 0) is 49.4 Å². The van der Waals surface area contributed by atoms with Crippen LogP contribution in [0.15, 0.2) is 12.1 Å². The fraction of sp³-hybridized carbons (Fsp3) is 0.562. The number of nitrogens with zero attached hydrogens (tertiary/aromatic N) is 1. The maximum atomic E-state index is 12.5. The number of carbonyl (C=O) groups is 1. The Morgan fingerprint density at radius 1 is 1.24 bits per heavy atom. The smallest absolute Gasteiger partial charge is 0.263 e. The molecule has 0 spiro atoms. The van der Waals surface area contributed by atoms with Gasteiger partial charge >= 0.3 is 0 Å². The maximum absolute atomic E-state index is 12.5. The average molecular weight is 311 g/mol. The van der Waals surface area contributed by atoms with Gasteiger partial charge in [-0.2, -0.15) is 0 Å². The summed E-state index contributed by atoms with van der Waals surface area (Å²) in [5.41, 5.74) is 9.50. The van der Waals surface area contributed by atoms with Crippen LogP contribution in [0, 0.1) is 13.8 Å². The summed E-state index contributed by atoms with van der Waals surface area (Å²) in [5.74, 6) is 0.989. The number of benzene rings is 1. The summed E-state index contributed by atoms with van der Waals surface area (Å²) >= 11 is 0. The highest BCUT2D eigenvalue weighted by atomic mass is 35.5. The Balaban J connectivity index is 0.00000161. The zero-order valence-corrected chi connectivity index (χ0v) is 13.4. The summed E-state index contributed by atoms with van der Waals surface area (Å²) in [5, 5.41) is 0. The number of nitrogens with two attached hydrogens (primary N) is 1. The number of halogens is 1. The van der Waals surface area contributed by atoms with Crippen LogP contribution in [0.25, 0.3) is 0 Å². The van der Waals surface area contributed by atoms with Crippen LogP contribution in [-0.4, -0.2) is 36.0 Å². The second kappa shape index (κ2) is 6.24. The SMILES string of the molecule is Cc1cc2c(cc1C)OC(C(=O)N1CCC(N)CC1)C2.Cl. The molecule has 1 fully saturated rings. The number of likely N-dealkylation sites (tertiary alicyclic amines) is 1. The normalized spacial score (nSPS) is 21.5. The maximum Gasteiger partial charge on any atom is 0.263 e. The lowest BCUT2D eigenvalue weighted by Gasteiger charge is -2.31. The predicted molar refractivity (Wildman–Crippen MR) is 85.1 cm³/mol.